The molecule has 2 nitrogen and oxygen atoms in total. The summed E-state index contributed by atoms with van der Waals surface area (Å²) in [5.74, 6) is 0. The van der Waals surface area contributed by atoms with Gasteiger partial charge in [0.2, 0.25) is 0 Å². The van der Waals surface area contributed by atoms with Crippen LogP contribution >= 0.6 is 11.6 Å². The second-order valence-electron chi connectivity index (χ2n) is 5.26. The predicted octanol–water partition coefficient (Wildman–Crippen LogP) is 3.48. The molecule has 90 valence electrons. The predicted molar refractivity (Wildman–Crippen MR) is 73.5 cm³/mol. The topological polar surface area (TPSA) is 38.9 Å². The van der Waals surface area contributed by atoms with Gasteiger partial charge in [-0.1, -0.05) is 17.7 Å². The third kappa shape index (κ3) is 2.96. The fourth-order valence-electron chi connectivity index (χ4n) is 1.99. The molecule has 0 radical (unpaired) electrons. The van der Waals surface area contributed by atoms with Crippen LogP contribution in [0, 0.1) is 6.92 Å². The van der Waals surface area contributed by atoms with Crippen molar-refractivity contribution < 1.29 is 0 Å². The molecule has 2 N–H and O–H groups in total. The van der Waals surface area contributed by atoms with Crippen LogP contribution in [-0.4, -0.2) is 10.5 Å². The SMILES string of the molecule is Cc1cc(Cl)c2cc(CC(C)(C)N)ccc2n1. The highest BCUT2D eigenvalue weighted by molar-refractivity contribution is 6.35. The maximum Gasteiger partial charge on any atom is 0.0720 e. The summed E-state index contributed by atoms with van der Waals surface area (Å²) in [6.45, 7) is 5.99. The van der Waals surface area contributed by atoms with Gasteiger partial charge in [-0.05, 0) is 51.0 Å². The number of hydrogen-bond acceptors (Lipinski definition) is 2. The quantitative estimate of drug-likeness (QED) is 0.884. The summed E-state index contributed by atoms with van der Waals surface area (Å²) >= 11 is 6.23. The highest BCUT2D eigenvalue weighted by atomic mass is 35.5. The Kier molecular flexibility index (Phi) is 3.11. The lowest BCUT2D eigenvalue weighted by Crippen LogP contribution is -2.34. The Balaban J connectivity index is 2.51. The highest BCUT2D eigenvalue weighted by Crippen LogP contribution is 2.25. The lowest BCUT2D eigenvalue weighted by molar-refractivity contribution is 0.517. The normalized spacial score (nSPS) is 12.1. The third-order valence-corrected chi connectivity index (χ3v) is 2.92. The van der Waals surface area contributed by atoms with Gasteiger partial charge in [0, 0.05) is 16.6 Å². The number of nitrogens with two attached hydrogens (primary N) is 1. The molecular weight excluding hydrogens is 232 g/mol. The molecule has 2 aromatic rings. The average molecular weight is 249 g/mol. The van der Waals surface area contributed by atoms with Gasteiger partial charge in [-0.3, -0.25) is 4.98 Å². The molecule has 0 amide bonds. The van der Waals surface area contributed by atoms with Crippen molar-refractivity contribution in [1.29, 1.82) is 0 Å². The van der Waals surface area contributed by atoms with Crippen LogP contribution in [0.25, 0.3) is 10.9 Å². The molecular formula is C14H17ClN2. The van der Waals surface area contributed by atoms with Crippen LogP contribution < -0.4 is 5.73 Å². The molecule has 0 fully saturated rings. The molecule has 0 unspecified atom stereocenters. The second-order valence-corrected chi connectivity index (χ2v) is 5.67. The summed E-state index contributed by atoms with van der Waals surface area (Å²) in [5.41, 5.74) is 8.89. The van der Waals surface area contributed by atoms with E-state index in [9.17, 15) is 0 Å². The molecule has 1 heterocycles. The molecule has 2 rings (SSSR count). The summed E-state index contributed by atoms with van der Waals surface area (Å²) in [5, 5.41) is 1.75. The smallest absolute Gasteiger partial charge is 0.0720 e. The van der Waals surface area contributed by atoms with Crippen molar-refractivity contribution >= 4 is 22.5 Å². The van der Waals surface area contributed by atoms with Crippen molar-refractivity contribution in [3.05, 3.63) is 40.5 Å². The van der Waals surface area contributed by atoms with Crippen LogP contribution in [-0.2, 0) is 6.42 Å². The van der Waals surface area contributed by atoms with Gasteiger partial charge < -0.3 is 5.73 Å². The summed E-state index contributed by atoms with van der Waals surface area (Å²) < 4.78 is 0. The zero-order valence-corrected chi connectivity index (χ0v) is 11.2. The summed E-state index contributed by atoms with van der Waals surface area (Å²) in [4.78, 5) is 4.46. The maximum atomic E-state index is 6.23. The van der Waals surface area contributed by atoms with Crippen LogP contribution in [0.5, 0.6) is 0 Å². The van der Waals surface area contributed by atoms with Gasteiger partial charge in [-0.25, -0.2) is 0 Å². The Hall–Kier alpha value is -1.12. The fraction of sp³-hybridized carbons (Fsp3) is 0.357. The molecule has 17 heavy (non-hydrogen) atoms. The van der Waals surface area contributed by atoms with E-state index in [2.05, 4.69) is 17.1 Å². The summed E-state index contributed by atoms with van der Waals surface area (Å²) in [7, 11) is 0. The number of nitrogens with zero attached hydrogens (tertiary/aromatic N) is 1. The van der Waals surface area contributed by atoms with Crippen molar-refractivity contribution in [2.75, 3.05) is 0 Å². The third-order valence-electron chi connectivity index (χ3n) is 2.61. The van der Waals surface area contributed by atoms with Gasteiger partial charge in [0.1, 0.15) is 0 Å². The maximum absolute atomic E-state index is 6.23. The molecule has 0 aliphatic heterocycles. The van der Waals surface area contributed by atoms with E-state index >= 15 is 0 Å². The van der Waals surface area contributed by atoms with E-state index in [0.29, 0.717) is 0 Å². The van der Waals surface area contributed by atoms with E-state index in [4.69, 9.17) is 17.3 Å². The highest BCUT2D eigenvalue weighted by Gasteiger charge is 2.12. The number of benzene rings is 1. The first-order valence-electron chi connectivity index (χ1n) is 5.70. The summed E-state index contributed by atoms with van der Waals surface area (Å²) in [6, 6.07) is 8.05. The van der Waals surface area contributed by atoms with Crippen molar-refractivity contribution in [2.45, 2.75) is 32.7 Å². The number of hydrogen-bond donors (Lipinski definition) is 1. The van der Waals surface area contributed by atoms with Crippen molar-refractivity contribution in [3.8, 4) is 0 Å². The van der Waals surface area contributed by atoms with Gasteiger partial charge >= 0.3 is 0 Å². The van der Waals surface area contributed by atoms with Crippen LogP contribution in [0.2, 0.25) is 5.02 Å². The van der Waals surface area contributed by atoms with Gasteiger partial charge in [0.25, 0.3) is 0 Å². The Bertz CT molecular complexity index is 556. The molecule has 0 saturated heterocycles. The van der Waals surface area contributed by atoms with Crippen molar-refractivity contribution in [1.82, 2.24) is 4.98 Å². The van der Waals surface area contributed by atoms with Crippen molar-refractivity contribution in [2.24, 2.45) is 5.73 Å². The molecule has 0 atom stereocenters. The van der Waals surface area contributed by atoms with E-state index in [1.807, 2.05) is 32.9 Å². The average Bonchev–Trinajstić information content (AvgIpc) is 2.16. The minimum atomic E-state index is -0.210. The van der Waals surface area contributed by atoms with E-state index in [1.54, 1.807) is 0 Å². The van der Waals surface area contributed by atoms with E-state index in [1.165, 1.54) is 5.56 Å². The van der Waals surface area contributed by atoms with Crippen molar-refractivity contribution in [3.63, 3.8) is 0 Å². The van der Waals surface area contributed by atoms with Gasteiger partial charge in [-0.2, -0.15) is 0 Å². The molecule has 0 saturated carbocycles. The largest absolute Gasteiger partial charge is 0.325 e. The molecule has 0 aliphatic rings. The Morgan fingerprint density at radius 2 is 2.00 bits per heavy atom. The number of aryl methyl sites for hydroxylation is 1. The Morgan fingerprint density at radius 1 is 1.29 bits per heavy atom. The van der Waals surface area contributed by atoms with Crippen LogP contribution in [0.3, 0.4) is 0 Å². The molecule has 1 aromatic carbocycles. The number of rotatable bonds is 2. The van der Waals surface area contributed by atoms with E-state index < -0.39 is 0 Å². The first-order valence-corrected chi connectivity index (χ1v) is 6.08. The number of pyridine rings is 1. The van der Waals surface area contributed by atoms with Crippen LogP contribution in [0.15, 0.2) is 24.3 Å². The number of halogens is 1. The monoisotopic (exact) mass is 248 g/mol. The standard InChI is InChI=1S/C14H17ClN2/c1-9-6-12(15)11-7-10(8-14(2,3)16)4-5-13(11)17-9/h4-7H,8,16H2,1-3H3. The van der Waals surface area contributed by atoms with Crippen LogP contribution in [0.4, 0.5) is 0 Å². The molecule has 0 spiro atoms. The second kappa shape index (κ2) is 4.28. The van der Waals surface area contributed by atoms with Crippen LogP contribution in [0.1, 0.15) is 25.1 Å². The van der Waals surface area contributed by atoms with Gasteiger partial charge in [0.05, 0.1) is 10.5 Å². The molecule has 0 bridgehead atoms. The lowest BCUT2D eigenvalue weighted by atomic mass is 9.95. The fourth-order valence-corrected chi connectivity index (χ4v) is 2.30. The Morgan fingerprint density at radius 3 is 2.65 bits per heavy atom. The molecule has 3 heteroatoms. The minimum absolute atomic E-state index is 0.210. The van der Waals surface area contributed by atoms with E-state index in [0.717, 1.165) is 28.0 Å². The van der Waals surface area contributed by atoms with Gasteiger partial charge in [-0.15, -0.1) is 0 Å². The molecule has 1 aromatic heterocycles. The zero-order valence-electron chi connectivity index (χ0n) is 10.4. The zero-order chi connectivity index (χ0) is 12.6. The van der Waals surface area contributed by atoms with E-state index in [-0.39, 0.29) is 5.54 Å². The van der Waals surface area contributed by atoms with Gasteiger partial charge in [0.15, 0.2) is 0 Å². The number of aromatic nitrogens is 1. The first kappa shape index (κ1) is 12.3. The number of fused-ring (bicyclic) bond motifs is 1. The Labute approximate surface area is 107 Å². The summed E-state index contributed by atoms with van der Waals surface area (Å²) in [6.07, 6.45) is 0.827. The first-order chi connectivity index (χ1) is 7.85. The lowest BCUT2D eigenvalue weighted by Gasteiger charge is -2.18. The molecule has 0 aliphatic carbocycles. The minimum Gasteiger partial charge on any atom is -0.325 e.